The molecule has 0 N–H and O–H groups in total. The molecule has 0 aliphatic rings. The van der Waals surface area contributed by atoms with Gasteiger partial charge < -0.3 is 19.1 Å². The molecule has 0 spiro atoms. The van der Waals surface area contributed by atoms with E-state index in [9.17, 15) is 9.59 Å². The maximum atomic E-state index is 13.2. The fourth-order valence-corrected chi connectivity index (χ4v) is 3.01. The normalized spacial score (nSPS) is 10.3. The molecule has 0 aliphatic carbocycles. The van der Waals surface area contributed by atoms with Gasteiger partial charge in [0.1, 0.15) is 5.75 Å². The number of halogens is 1. The first kappa shape index (κ1) is 21.6. The Morgan fingerprint density at radius 1 is 1.07 bits per heavy atom. The molecule has 2 aromatic carbocycles. The molecule has 0 atom stereocenters. The summed E-state index contributed by atoms with van der Waals surface area (Å²) < 4.78 is 14.9. The summed E-state index contributed by atoms with van der Waals surface area (Å²) in [7, 11) is 1.54. The van der Waals surface area contributed by atoms with Crippen molar-refractivity contribution in [3.63, 3.8) is 0 Å². The van der Waals surface area contributed by atoms with Crippen LogP contribution < -0.4 is 9.64 Å². The second-order valence-corrected chi connectivity index (χ2v) is 6.21. The number of benzene rings is 2. The van der Waals surface area contributed by atoms with E-state index in [0.29, 0.717) is 35.0 Å². The van der Waals surface area contributed by atoms with Crippen molar-refractivity contribution in [2.75, 3.05) is 31.8 Å². The average molecular weight is 406 g/mol. The third-order valence-electron chi connectivity index (χ3n) is 4.11. The summed E-state index contributed by atoms with van der Waals surface area (Å²) in [6.07, 6.45) is -0.309. The fourth-order valence-electron chi connectivity index (χ4n) is 2.76. The zero-order valence-corrected chi connectivity index (χ0v) is 17.0. The monoisotopic (exact) mass is 405 g/mol. The van der Waals surface area contributed by atoms with Crippen LogP contribution in [0, 0.1) is 0 Å². The number of ether oxygens (including phenoxy) is 3. The zero-order valence-electron chi connectivity index (χ0n) is 16.2. The Morgan fingerprint density at radius 2 is 1.82 bits per heavy atom. The van der Waals surface area contributed by atoms with E-state index in [0.717, 1.165) is 5.56 Å². The molecule has 150 valence electrons. The third kappa shape index (κ3) is 5.39. The number of methoxy groups -OCH3 is 1. The van der Waals surface area contributed by atoms with Crippen molar-refractivity contribution in [2.24, 2.45) is 0 Å². The summed E-state index contributed by atoms with van der Waals surface area (Å²) in [5.41, 5.74) is 2.01. The lowest BCUT2D eigenvalue weighted by Gasteiger charge is -2.23. The standard InChI is InChI=1S/C21H24ClNO5/c1-4-23(16-10-11-19(26-3)18(22)14-16)20(24)17-9-7-6-8-15(17)12-13-28-21(25)27-5-2/h6-11,14H,4-5,12-13H2,1-3H3. The van der Waals surface area contributed by atoms with Crippen molar-refractivity contribution in [3.05, 3.63) is 58.6 Å². The molecule has 2 rings (SSSR count). The minimum atomic E-state index is -0.714. The van der Waals surface area contributed by atoms with Crippen LogP contribution in [-0.2, 0) is 15.9 Å². The smallest absolute Gasteiger partial charge is 0.495 e. The lowest BCUT2D eigenvalue weighted by molar-refractivity contribution is 0.0599. The molecule has 0 radical (unpaired) electrons. The van der Waals surface area contributed by atoms with Crippen molar-refractivity contribution in [2.45, 2.75) is 20.3 Å². The Hall–Kier alpha value is -2.73. The maximum Gasteiger partial charge on any atom is 0.508 e. The van der Waals surface area contributed by atoms with Crippen LogP contribution in [0.3, 0.4) is 0 Å². The predicted octanol–water partition coefficient (Wildman–Crippen LogP) is 4.73. The van der Waals surface area contributed by atoms with Gasteiger partial charge in [0.15, 0.2) is 0 Å². The molecule has 0 heterocycles. The van der Waals surface area contributed by atoms with Crippen LogP contribution in [0.4, 0.5) is 10.5 Å². The average Bonchev–Trinajstić information content (AvgIpc) is 2.69. The highest BCUT2D eigenvalue weighted by molar-refractivity contribution is 6.32. The lowest BCUT2D eigenvalue weighted by atomic mass is 10.0. The van der Waals surface area contributed by atoms with Gasteiger partial charge in [-0.15, -0.1) is 0 Å². The number of nitrogens with zero attached hydrogens (tertiary/aromatic N) is 1. The Kier molecular flexibility index (Phi) is 8.14. The van der Waals surface area contributed by atoms with Gasteiger partial charge in [-0.05, 0) is 43.7 Å². The number of hydrogen-bond donors (Lipinski definition) is 0. The first-order valence-corrected chi connectivity index (χ1v) is 9.42. The molecule has 0 saturated heterocycles. The van der Waals surface area contributed by atoms with E-state index in [-0.39, 0.29) is 19.1 Å². The minimum Gasteiger partial charge on any atom is -0.495 e. The SMILES string of the molecule is CCOC(=O)OCCc1ccccc1C(=O)N(CC)c1ccc(OC)c(Cl)c1. The van der Waals surface area contributed by atoms with Crippen LogP contribution in [0.2, 0.25) is 5.02 Å². The van der Waals surface area contributed by atoms with Gasteiger partial charge in [0.05, 0.1) is 25.3 Å². The fraction of sp³-hybridized carbons (Fsp3) is 0.333. The van der Waals surface area contributed by atoms with Crippen molar-refractivity contribution >= 4 is 29.4 Å². The van der Waals surface area contributed by atoms with E-state index in [4.69, 9.17) is 25.8 Å². The molecule has 2 aromatic rings. The van der Waals surface area contributed by atoms with E-state index >= 15 is 0 Å². The van der Waals surface area contributed by atoms with E-state index in [2.05, 4.69) is 0 Å². The van der Waals surface area contributed by atoms with Gasteiger partial charge in [0.2, 0.25) is 0 Å². The number of rotatable bonds is 8. The molecule has 0 bridgehead atoms. The highest BCUT2D eigenvalue weighted by Crippen LogP contribution is 2.30. The van der Waals surface area contributed by atoms with Crippen molar-refractivity contribution in [1.29, 1.82) is 0 Å². The molecule has 1 amide bonds. The molecule has 7 heteroatoms. The van der Waals surface area contributed by atoms with Crippen LogP contribution in [-0.4, -0.2) is 38.9 Å². The predicted molar refractivity (Wildman–Crippen MR) is 108 cm³/mol. The second-order valence-electron chi connectivity index (χ2n) is 5.81. The van der Waals surface area contributed by atoms with Crippen molar-refractivity contribution in [1.82, 2.24) is 0 Å². The van der Waals surface area contributed by atoms with E-state index in [1.807, 2.05) is 19.1 Å². The van der Waals surface area contributed by atoms with Crippen LogP contribution in [0.1, 0.15) is 29.8 Å². The third-order valence-corrected chi connectivity index (χ3v) is 4.41. The van der Waals surface area contributed by atoms with Crippen molar-refractivity contribution in [3.8, 4) is 5.75 Å². The first-order chi connectivity index (χ1) is 13.5. The van der Waals surface area contributed by atoms with Gasteiger partial charge in [0, 0.05) is 24.2 Å². The number of hydrogen-bond acceptors (Lipinski definition) is 5. The topological polar surface area (TPSA) is 65.1 Å². The van der Waals surface area contributed by atoms with Gasteiger partial charge in [-0.1, -0.05) is 29.8 Å². The Morgan fingerprint density at radius 3 is 2.46 bits per heavy atom. The Labute approximate surface area is 169 Å². The number of carbonyl (C=O) groups is 2. The molecule has 0 saturated carbocycles. The highest BCUT2D eigenvalue weighted by atomic mass is 35.5. The molecule has 0 aromatic heterocycles. The van der Waals surface area contributed by atoms with E-state index < -0.39 is 6.16 Å². The summed E-state index contributed by atoms with van der Waals surface area (Å²) in [4.78, 5) is 26.2. The number of carbonyl (C=O) groups excluding carboxylic acids is 2. The van der Waals surface area contributed by atoms with Crippen LogP contribution in [0.15, 0.2) is 42.5 Å². The summed E-state index contributed by atoms with van der Waals surface area (Å²) >= 11 is 6.21. The zero-order chi connectivity index (χ0) is 20.5. The Bertz CT molecular complexity index is 824. The summed E-state index contributed by atoms with van der Waals surface area (Å²) in [5.74, 6) is 0.390. The van der Waals surface area contributed by atoms with Gasteiger partial charge in [-0.3, -0.25) is 4.79 Å². The van der Waals surface area contributed by atoms with Crippen LogP contribution >= 0.6 is 11.6 Å². The summed E-state index contributed by atoms with van der Waals surface area (Å²) in [6, 6.07) is 12.5. The molecule has 0 aliphatic heterocycles. The first-order valence-electron chi connectivity index (χ1n) is 9.04. The highest BCUT2D eigenvalue weighted by Gasteiger charge is 2.20. The van der Waals surface area contributed by atoms with Gasteiger partial charge in [-0.25, -0.2) is 4.79 Å². The molecular formula is C21H24ClNO5. The maximum absolute atomic E-state index is 13.2. The minimum absolute atomic E-state index is 0.129. The largest absolute Gasteiger partial charge is 0.508 e. The van der Waals surface area contributed by atoms with Crippen LogP contribution in [0.25, 0.3) is 0 Å². The Balaban J connectivity index is 2.20. The van der Waals surface area contributed by atoms with Gasteiger partial charge in [-0.2, -0.15) is 0 Å². The lowest BCUT2D eigenvalue weighted by Crippen LogP contribution is -2.31. The summed E-state index contributed by atoms with van der Waals surface area (Å²) in [6.45, 7) is 4.45. The molecule has 6 nitrogen and oxygen atoms in total. The molecular weight excluding hydrogens is 382 g/mol. The molecule has 0 unspecified atom stereocenters. The van der Waals surface area contributed by atoms with Crippen LogP contribution in [0.5, 0.6) is 5.75 Å². The number of anilines is 1. The van der Waals surface area contributed by atoms with Crippen molar-refractivity contribution < 1.29 is 23.8 Å². The van der Waals surface area contributed by atoms with E-state index in [1.165, 1.54) is 7.11 Å². The second kappa shape index (κ2) is 10.6. The van der Waals surface area contributed by atoms with Gasteiger partial charge in [0.25, 0.3) is 5.91 Å². The molecule has 0 fully saturated rings. The summed E-state index contributed by atoms with van der Waals surface area (Å²) in [5, 5.41) is 0.433. The van der Waals surface area contributed by atoms with E-state index in [1.54, 1.807) is 42.2 Å². The number of amides is 1. The quantitative estimate of drug-likeness (QED) is 0.594. The molecule has 28 heavy (non-hydrogen) atoms. The van der Waals surface area contributed by atoms with Gasteiger partial charge >= 0.3 is 6.16 Å².